The van der Waals surface area contributed by atoms with Crippen LogP contribution in [0.15, 0.2) is 46.9 Å². The van der Waals surface area contributed by atoms with Crippen LogP contribution in [-0.2, 0) is 14.3 Å². The molecular weight excluding hydrogens is 295 g/mol. The average Bonchev–Trinajstić information content (AvgIpc) is 2.54. The van der Waals surface area contributed by atoms with Crippen molar-refractivity contribution in [3.8, 4) is 0 Å². The number of hydrogen-bond donors (Lipinski definition) is 0. The van der Waals surface area contributed by atoms with Crippen LogP contribution in [0.1, 0.15) is 50.0 Å². The van der Waals surface area contributed by atoms with E-state index in [0.29, 0.717) is 35.5 Å². The Labute approximate surface area is 133 Å². The fourth-order valence-electron chi connectivity index (χ4n) is 3.81. The standard InChI is InChI=1S/C19H17FO3/c20-12-9-7-11(8-10-12)17-18-13(21)3-1-5-15(18)23-16-6-2-4-14(22)19(16)17/h7-10,17H,1-6H2. The van der Waals surface area contributed by atoms with Crippen LogP contribution >= 0.6 is 0 Å². The lowest BCUT2D eigenvalue weighted by molar-refractivity contribution is -0.117. The maximum Gasteiger partial charge on any atom is 0.163 e. The van der Waals surface area contributed by atoms with Crippen molar-refractivity contribution in [2.45, 2.75) is 44.4 Å². The Morgan fingerprint density at radius 2 is 1.35 bits per heavy atom. The monoisotopic (exact) mass is 312 g/mol. The highest BCUT2D eigenvalue weighted by atomic mass is 19.1. The topological polar surface area (TPSA) is 43.4 Å². The Bertz CT molecular complexity index is 713. The van der Waals surface area contributed by atoms with E-state index in [1.165, 1.54) is 12.1 Å². The summed E-state index contributed by atoms with van der Waals surface area (Å²) < 4.78 is 19.2. The maximum absolute atomic E-state index is 13.3. The summed E-state index contributed by atoms with van der Waals surface area (Å²) in [6.07, 6.45) is 3.98. The molecule has 3 nitrogen and oxygen atoms in total. The molecule has 0 saturated heterocycles. The summed E-state index contributed by atoms with van der Waals surface area (Å²) in [4.78, 5) is 25.0. The van der Waals surface area contributed by atoms with Crippen molar-refractivity contribution in [1.82, 2.24) is 0 Å². The van der Waals surface area contributed by atoms with Gasteiger partial charge in [-0.1, -0.05) is 12.1 Å². The SMILES string of the molecule is O=C1CCCC2=C1C(c1ccc(F)cc1)C1=C(CCCC1=O)O2. The van der Waals surface area contributed by atoms with E-state index in [2.05, 4.69) is 0 Å². The molecule has 0 bridgehead atoms. The number of benzene rings is 1. The van der Waals surface area contributed by atoms with Gasteiger partial charge in [0.05, 0.1) is 0 Å². The lowest BCUT2D eigenvalue weighted by Gasteiger charge is -2.35. The third kappa shape index (κ3) is 2.33. The lowest BCUT2D eigenvalue weighted by Crippen LogP contribution is -2.30. The van der Waals surface area contributed by atoms with Crippen LogP contribution in [0, 0.1) is 5.82 Å². The molecule has 1 aromatic rings. The molecule has 23 heavy (non-hydrogen) atoms. The van der Waals surface area contributed by atoms with E-state index in [0.717, 1.165) is 31.2 Å². The zero-order valence-corrected chi connectivity index (χ0v) is 12.7. The van der Waals surface area contributed by atoms with Crippen LogP contribution in [0.5, 0.6) is 0 Å². The molecule has 118 valence electrons. The number of carbonyl (C=O) groups is 2. The molecule has 4 heteroatoms. The molecule has 0 saturated carbocycles. The fraction of sp³-hybridized carbons (Fsp3) is 0.368. The highest BCUT2D eigenvalue weighted by Gasteiger charge is 2.41. The Morgan fingerprint density at radius 1 is 0.826 bits per heavy atom. The molecule has 0 unspecified atom stereocenters. The van der Waals surface area contributed by atoms with Crippen molar-refractivity contribution in [2.75, 3.05) is 0 Å². The van der Waals surface area contributed by atoms with Gasteiger partial charge in [-0.05, 0) is 30.5 Å². The van der Waals surface area contributed by atoms with Gasteiger partial charge in [-0.25, -0.2) is 4.39 Å². The largest absolute Gasteiger partial charge is 0.465 e. The Hall–Kier alpha value is -2.23. The van der Waals surface area contributed by atoms with Gasteiger partial charge in [0, 0.05) is 42.7 Å². The number of carbonyl (C=O) groups excluding carboxylic acids is 2. The molecule has 0 atom stereocenters. The third-order valence-electron chi connectivity index (χ3n) is 4.84. The summed E-state index contributed by atoms with van der Waals surface area (Å²) >= 11 is 0. The Morgan fingerprint density at radius 3 is 1.87 bits per heavy atom. The van der Waals surface area contributed by atoms with E-state index in [1.54, 1.807) is 12.1 Å². The first-order valence-electron chi connectivity index (χ1n) is 8.11. The van der Waals surface area contributed by atoms with Gasteiger partial charge in [-0.15, -0.1) is 0 Å². The first kappa shape index (κ1) is 14.4. The van der Waals surface area contributed by atoms with Gasteiger partial charge in [0.25, 0.3) is 0 Å². The van der Waals surface area contributed by atoms with Gasteiger partial charge in [0.15, 0.2) is 11.6 Å². The van der Waals surface area contributed by atoms with Crippen molar-refractivity contribution in [3.05, 3.63) is 58.3 Å². The molecule has 0 fully saturated rings. The van der Waals surface area contributed by atoms with Gasteiger partial charge >= 0.3 is 0 Å². The minimum absolute atomic E-state index is 0.0468. The van der Waals surface area contributed by atoms with E-state index in [1.807, 2.05) is 0 Å². The van der Waals surface area contributed by atoms with Crippen LogP contribution < -0.4 is 0 Å². The molecule has 4 rings (SSSR count). The number of rotatable bonds is 1. The van der Waals surface area contributed by atoms with Gasteiger partial charge in [-0.2, -0.15) is 0 Å². The lowest BCUT2D eigenvalue weighted by atomic mass is 9.73. The normalized spacial score (nSPS) is 22.0. The zero-order chi connectivity index (χ0) is 16.0. The van der Waals surface area contributed by atoms with Crippen LogP contribution in [-0.4, -0.2) is 11.6 Å². The number of allylic oxidation sites excluding steroid dienone is 4. The van der Waals surface area contributed by atoms with E-state index < -0.39 is 5.92 Å². The third-order valence-corrected chi connectivity index (χ3v) is 4.84. The molecule has 0 amide bonds. The predicted molar refractivity (Wildman–Crippen MR) is 82.0 cm³/mol. The number of Topliss-reactive ketones (excluding diaryl/α,β-unsaturated/α-hetero) is 2. The maximum atomic E-state index is 13.3. The Kier molecular flexibility index (Phi) is 3.40. The van der Waals surface area contributed by atoms with Gasteiger partial charge in [0.1, 0.15) is 17.3 Å². The quantitative estimate of drug-likeness (QED) is 0.788. The van der Waals surface area contributed by atoms with Crippen LogP contribution in [0.4, 0.5) is 4.39 Å². The summed E-state index contributed by atoms with van der Waals surface area (Å²) in [6.45, 7) is 0. The Balaban J connectivity index is 1.90. The van der Waals surface area contributed by atoms with Crippen molar-refractivity contribution < 1.29 is 18.7 Å². The molecule has 0 N–H and O–H groups in total. The molecule has 1 aromatic carbocycles. The van der Waals surface area contributed by atoms with Crippen LogP contribution in [0.3, 0.4) is 0 Å². The summed E-state index contributed by atoms with van der Waals surface area (Å²) in [5, 5.41) is 0. The molecule has 0 aromatic heterocycles. The van der Waals surface area contributed by atoms with E-state index in [9.17, 15) is 14.0 Å². The van der Waals surface area contributed by atoms with Gasteiger partial charge in [0.2, 0.25) is 0 Å². The molecule has 1 heterocycles. The highest BCUT2D eigenvalue weighted by molar-refractivity contribution is 6.05. The van der Waals surface area contributed by atoms with E-state index in [-0.39, 0.29) is 17.4 Å². The molecule has 0 spiro atoms. The minimum atomic E-state index is -0.394. The molecular formula is C19H17FO3. The van der Waals surface area contributed by atoms with Crippen molar-refractivity contribution in [2.24, 2.45) is 0 Å². The van der Waals surface area contributed by atoms with Crippen LogP contribution in [0.25, 0.3) is 0 Å². The van der Waals surface area contributed by atoms with Crippen molar-refractivity contribution >= 4 is 11.6 Å². The van der Waals surface area contributed by atoms with E-state index in [4.69, 9.17) is 4.74 Å². The minimum Gasteiger partial charge on any atom is -0.465 e. The molecule has 3 aliphatic rings. The fourth-order valence-corrected chi connectivity index (χ4v) is 3.81. The van der Waals surface area contributed by atoms with Crippen molar-refractivity contribution in [1.29, 1.82) is 0 Å². The van der Waals surface area contributed by atoms with Gasteiger partial charge < -0.3 is 4.74 Å². The summed E-state index contributed by atoms with van der Waals surface area (Å²) in [5.41, 5.74) is 2.01. The molecule has 1 aliphatic heterocycles. The number of hydrogen-bond acceptors (Lipinski definition) is 3. The summed E-state index contributed by atoms with van der Waals surface area (Å²) in [5.74, 6) is 0.799. The zero-order valence-electron chi connectivity index (χ0n) is 12.7. The second-order valence-corrected chi connectivity index (χ2v) is 6.31. The smallest absolute Gasteiger partial charge is 0.163 e. The van der Waals surface area contributed by atoms with Gasteiger partial charge in [-0.3, -0.25) is 9.59 Å². The second kappa shape index (κ2) is 5.44. The second-order valence-electron chi connectivity index (χ2n) is 6.31. The molecule has 0 radical (unpaired) electrons. The van der Waals surface area contributed by atoms with Crippen molar-refractivity contribution in [3.63, 3.8) is 0 Å². The predicted octanol–water partition coefficient (Wildman–Crippen LogP) is 3.95. The number of halogens is 1. The molecule has 2 aliphatic carbocycles. The number of ether oxygens (including phenoxy) is 1. The van der Waals surface area contributed by atoms with Crippen LogP contribution in [0.2, 0.25) is 0 Å². The first-order chi connectivity index (χ1) is 11.1. The first-order valence-corrected chi connectivity index (χ1v) is 8.11. The summed E-state index contributed by atoms with van der Waals surface area (Å²) in [7, 11) is 0. The average molecular weight is 312 g/mol. The highest BCUT2D eigenvalue weighted by Crippen LogP contribution is 2.47. The number of ketones is 2. The summed E-state index contributed by atoms with van der Waals surface area (Å²) in [6, 6.07) is 6.10. The van der Waals surface area contributed by atoms with E-state index >= 15 is 0 Å².